The summed E-state index contributed by atoms with van der Waals surface area (Å²) in [6, 6.07) is 6.24. The van der Waals surface area contributed by atoms with Gasteiger partial charge in [-0.1, -0.05) is 6.07 Å². The van der Waals surface area contributed by atoms with Crippen LogP contribution in [0.1, 0.15) is 52.9 Å². The molecule has 11 nitrogen and oxygen atoms in total. The van der Waals surface area contributed by atoms with E-state index in [4.69, 9.17) is 0 Å². The van der Waals surface area contributed by atoms with E-state index >= 15 is 4.39 Å². The maximum Gasteiger partial charge on any atom is 0.329 e. The van der Waals surface area contributed by atoms with Crippen molar-refractivity contribution in [3.05, 3.63) is 58.7 Å². The maximum absolute atomic E-state index is 15.2. The summed E-state index contributed by atoms with van der Waals surface area (Å²) in [5, 5.41) is 6.56. The normalized spacial score (nSPS) is 29.2. The Morgan fingerprint density at radius 2 is 1.89 bits per heavy atom. The van der Waals surface area contributed by atoms with Gasteiger partial charge in [-0.15, -0.1) is 11.3 Å². The Balaban J connectivity index is 1.05. The molecule has 1 unspecified atom stereocenters. The molecule has 0 radical (unpaired) electrons. The van der Waals surface area contributed by atoms with E-state index in [1.54, 1.807) is 41.6 Å². The van der Waals surface area contributed by atoms with E-state index in [-0.39, 0.29) is 30.6 Å². The van der Waals surface area contributed by atoms with Crippen molar-refractivity contribution in [2.75, 3.05) is 18.0 Å². The molecule has 1 aliphatic carbocycles. The van der Waals surface area contributed by atoms with E-state index in [1.807, 2.05) is 17.9 Å². The number of rotatable bonds is 7. The molecule has 4 N–H and O–H groups in total. The van der Waals surface area contributed by atoms with Crippen LogP contribution in [0.4, 0.5) is 10.1 Å². The number of benzene rings is 1. The van der Waals surface area contributed by atoms with Crippen LogP contribution in [0.5, 0.6) is 0 Å². The first-order valence-corrected chi connectivity index (χ1v) is 18.3. The molecule has 4 aliphatic rings. The fraction of sp³-hybridized carbons (Fsp3) is 0.500. The number of pyridine rings is 1. The molecule has 3 aromatic rings. The summed E-state index contributed by atoms with van der Waals surface area (Å²) in [5.41, 5.74) is 2.28. The number of hydrogen-bond donors (Lipinski definition) is 4. The quantitative estimate of drug-likeness (QED) is 0.279. The Labute approximate surface area is 269 Å². The third-order valence-electron chi connectivity index (χ3n) is 9.97. The predicted molar refractivity (Wildman–Crippen MR) is 171 cm³/mol. The summed E-state index contributed by atoms with van der Waals surface area (Å²) in [6.07, 6.45) is 5.23. The standard InChI is InChI=1S/C32H37FN5O6PS/c1-17-6-7-34-13-27(17)37-14-23(33)25(15-37)36-30(39)26-4-3-22-10-19-9-20(19)11-24(32(41)38(22)26)35-31(40)29-12-21-8-18(16-45(42,43)44)2-5-28(21)46-29/h2,5-8,12-13,19-20,22-26H,3-4,9-11,14-16H2,1H3,(H,35,40)(H,36,39)(H2,42,43,44)/t19-,20+,22-,23+,24?,25+,26+/m1/s1. The highest BCUT2D eigenvalue weighted by molar-refractivity contribution is 7.50. The molecule has 3 amide bonds. The minimum atomic E-state index is -4.24. The topological polar surface area (TPSA) is 152 Å². The van der Waals surface area contributed by atoms with Gasteiger partial charge in [0.2, 0.25) is 11.8 Å². The molecular formula is C32H37FN5O6PS. The summed E-state index contributed by atoms with van der Waals surface area (Å²) in [4.78, 5) is 68.1. The first-order valence-electron chi connectivity index (χ1n) is 15.7. The molecule has 46 heavy (non-hydrogen) atoms. The van der Waals surface area contributed by atoms with Crippen LogP contribution >= 0.6 is 18.9 Å². The molecule has 7 atom stereocenters. The van der Waals surface area contributed by atoms with Crippen molar-refractivity contribution in [2.45, 2.75) is 75.5 Å². The number of alkyl halides is 1. The van der Waals surface area contributed by atoms with E-state index in [0.717, 1.165) is 28.8 Å². The van der Waals surface area contributed by atoms with E-state index in [1.165, 1.54) is 11.3 Å². The minimum absolute atomic E-state index is 0.103. The lowest BCUT2D eigenvalue weighted by atomic mass is 9.99. The van der Waals surface area contributed by atoms with Gasteiger partial charge < -0.3 is 30.2 Å². The van der Waals surface area contributed by atoms with Gasteiger partial charge in [-0.2, -0.15) is 0 Å². The molecule has 7 rings (SSSR count). The molecule has 2 aromatic heterocycles. The van der Waals surface area contributed by atoms with Gasteiger partial charge in [0.15, 0.2) is 0 Å². The number of carbonyl (C=O) groups is 3. The molecule has 0 spiro atoms. The van der Waals surface area contributed by atoms with Crippen molar-refractivity contribution >= 4 is 52.4 Å². The SMILES string of the molecule is Cc1ccncc1N1C[C@H](NC(=O)[C@@H]2CC[C@@H]3C[C@H]4C[C@H]4CC(NC(=O)c4cc5cc(CP(=O)(O)O)ccc5s4)C(=O)N32)[C@@H](F)C1. The van der Waals surface area contributed by atoms with Gasteiger partial charge in [0.25, 0.3) is 5.91 Å². The van der Waals surface area contributed by atoms with Gasteiger partial charge in [0, 0.05) is 23.5 Å². The van der Waals surface area contributed by atoms with Crippen LogP contribution < -0.4 is 15.5 Å². The van der Waals surface area contributed by atoms with Crippen LogP contribution in [0.25, 0.3) is 10.1 Å². The Kier molecular flexibility index (Phi) is 8.15. The van der Waals surface area contributed by atoms with Crippen LogP contribution in [0.3, 0.4) is 0 Å². The van der Waals surface area contributed by atoms with E-state index < -0.39 is 37.8 Å². The second-order valence-corrected chi connectivity index (χ2v) is 16.0. The lowest BCUT2D eigenvalue weighted by Crippen LogP contribution is -2.58. The first-order chi connectivity index (χ1) is 21.9. The fourth-order valence-corrected chi connectivity index (χ4v) is 9.20. The van der Waals surface area contributed by atoms with Gasteiger partial charge in [-0.25, -0.2) is 4.39 Å². The molecule has 3 aliphatic heterocycles. The fourth-order valence-electron chi connectivity index (χ4n) is 7.58. The number of nitrogens with zero attached hydrogens (tertiary/aromatic N) is 3. The molecule has 14 heteroatoms. The smallest absolute Gasteiger partial charge is 0.329 e. The lowest BCUT2D eigenvalue weighted by Gasteiger charge is -2.35. The van der Waals surface area contributed by atoms with Crippen LogP contribution in [-0.2, 0) is 20.3 Å². The molecule has 5 heterocycles. The molecular weight excluding hydrogens is 632 g/mol. The molecule has 3 saturated heterocycles. The van der Waals surface area contributed by atoms with Gasteiger partial charge in [-0.05, 0) is 91.6 Å². The summed E-state index contributed by atoms with van der Waals surface area (Å²) in [6.45, 7) is 2.39. The summed E-state index contributed by atoms with van der Waals surface area (Å²) in [7, 11) is -4.24. The number of nitrogens with one attached hydrogen (secondary N) is 2. The summed E-state index contributed by atoms with van der Waals surface area (Å²) >= 11 is 1.25. The number of anilines is 1. The molecule has 4 fully saturated rings. The number of thiophene rings is 1. The van der Waals surface area contributed by atoms with Gasteiger partial charge in [0.1, 0.15) is 18.3 Å². The second kappa shape index (κ2) is 12.0. The van der Waals surface area contributed by atoms with Crippen LogP contribution in [0.2, 0.25) is 0 Å². The third-order valence-corrected chi connectivity index (χ3v) is 11.9. The van der Waals surface area contributed by atoms with Crippen molar-refractivity contribution in [3.8, 4) is 0 Å². The summed E-state index contributed by atoms with van der Waals surface area (Å²) in [5.74, 6) is -0.249. The second-order valence-electron chi connectivity index (χ2n) is 13.2. The van der Waals surface area contributed by atoms with Crippen molar-refractivity contribution in [2.24, 2.45) is 11.8 Å². The Morgan fingerprint density at radius 3 is 2.67 bits per heavy atom. The Hall–Kier alpha value is -3.38. The highest BCUT2D eigenvalue weighted by Gasteiger charge is 2.51. The van der Waals surface area contributed by atoms with Crippen molar-refractivity contribution in [3.63, 3.8) is 0 Å². The zero-order valence-corrected chi connectivity index (χ0v) is 27.1. The van der Waals surface area contributed by atoms with Crippen LogP contribution in [0, 0.1) is 18.8 Å². The van der Waals surface area contributed by atoms with Crippen LogP contribution in [-0.4, -0.2) is 80.8 Å². The molecule has 0 bridgehead atoms. The third kappa shape index (κ3) is 6.30. The average molecular weight is 670 g/mol. The zero-order valence-electron chi connectivity index (χ0n) is 25.3. The van der Waals surface area contributed by atoms with Crippen LogP contribution in [0.15, 0.2) is 42.7 Å². The van der Waals surface area contributed by atoms with Crippen molar-refractivity contribution < 1.29 is 33.1 Å². The number of halogens is 1. The van der Waals surface area contributed by atoms with Gasteiger partial charge in [-0.3, -0.25) is 23.9 Å². The van der Waals surface area contributed by atoms with E-state index in [2.05, 4.69) is 15.6 Å². The Bertz CT molecular complexity index is 1750. The Morgan fingerprint density at radius 1 is 1.09 bits per heavy atom. The first kappa shape index (κ1) is 31.2. The van der Waals surface area contributed by atoms with Gasteiger partial charge >= 0.3 is 7.60 Å². The summed E-state index contributed by atoms with van der Waals surface area (Å²) < 4.78 is 27.4. The van der Waals surface area contributed by atoms with Gasteiger partial charge in [0.05, 0.1) is 35.5 Å². The van der Waals surface area contributed by atoms with E-state index in [9.17, 15) is 28.7 Å². The number of amides is 3. The minimum Gasteiger partial charge on any atom is -0.365 e. The highest BCUT2D eigenvalue weighted by atomic mass is 32.1. The number of fused-ring (bicyclic) bond motifs is 3. The number of hydrogen-bond acceptors (Lipinski definition) is 7. The van der Waals surface area contributed by atoms with Crippen molar-refractivity contribution in [1.29, 1.82) is 0 Å². The lowest BCUT2D eigenvalue weighted by molar-refractivity contribution is -0.143. The predicted octanol–water partition coefficient (Wildman–Crippen LogP) is 3.51. The number of aromatic nitrogens is 1. The average Bonchev–Trinajstić information content (AvgIpc) is 3.29. The monoisotopic (exact) mass is 669 g/mol. The molecule has 244 valence electrons. The molecule has 1 saturated carbocycles. The van der Waals surface area contributed by atoms with Crippen molar-refractivity contribution in [1.82, 2.24) is 20.5 Å². The number of carbonyl (C=O) groups excluding carboxylic acids is 3. The highest BCUT2D eigenvalue weighted by Crippen LogP contribution is 2.49. The molecule has 1 aromatic carbocycles. The zero-order chi connectivity index (χ0) is 32.3. The largest absolute Gasteiger partial charge is 0.365 e. The number of aryl methyl sites for hydroxylation is 1. The maximum atomic E-state index is 15.2. The van der Waals surface area contributed by atoms with E-state index in [0.29, 0.717) is 53.5 Å².